The molecule has 3 aliphatic rings. The first-order chi connectivity index (χ1) is 16.9. The second-order valence-corrected chi connectivity index (χ2v) is 10.1. The van der Waals surface area contributed by atoms with Crippen molar-refractivity contribution in [3.63, 3.8) is 0 Å². The standard InChI is InChI=1S/C26H27N5O4/c1-26(2)34-21-20(12-32-17-6-5-15-9-16(14-3-4-14)11-28-19(15)10-17)33-25(22(21)35-26)31-8-7-18-23(27)29-13-30-24(18)31/h5-11,13-14,20-22,25H,3-4,12H2,1-2H3,(H2,27,29,30)/t20-,21-,22-,25-/m1/s1. The van der Waals surface area contributed by atoms with Gasteiger partial charge in [-0.1, -0.05) is 0 Å². The average molecular weight is 474 g/mol. The van der Waals surface area contributed by atoms with Gasteiger partial charge in [0.2, 0.25) is 0 Å². The van der Waals surface area contributed by atoms with Gasteiger partial charge in [0.05, 0.1) is 10.9 Å². The minimum atomic E-state index is -0.723. The Balaban J connectivity index is 1.13. The molecule has 0 unspecified atom stereocenters. The molecule has 0 spiro atoms. The molecule has 9 heteroatoms. The van der Waals surface area contributed by atoms with Crippen LogP contribution in [0.2, 0.25) is 0 Å². The van der Waals surface area contributed by atoms with Crippen molar-refractivity contribution in [2.75, 3.05) is 12.3 Å². The predicted octanol–water partition coefficient (Wildman–Crippen LogP) is 3.94. The third-order valence-corrected chi connectivity index (χ3v) is 7.08. The van der Waals surface area contributed by atoms with Crippen molar-refractivity contribution in [1.82, 2.24) is 19.5 Å². The van der Waals surface area contributed by atoms with Gasteiger partial charge in [0.25, 0.3) is 0 Å². The van der Waals surface area contributed by atoms with Crippen LogP contribution in [0.4, 0.5) is 5.82 Å². The number of nitrogens with two attached hydrogens (primary N) is 1. The van der Waals surface area contributed by atoms with E-state index in [1.807, 2.05) is 49.0 Å². The highest BCUT2D eigenvalue weighted by molar-refractivity contribution is 5.86. The number of hydrogen-bond donors (Lipinski definition) is 1. The van der Waals surface area contributed by atoms with E-state index in [0.717, 1.165) is 22.0 Å². The Hall–Kier alpha value is -3.27. The first kappa shape index (κ1) is 21.0. The van der Waals surface area contributed by atoms with Crippen molar-refractivity contribution in [3.05, 3.63) is 54.6 Å². The van der Waals surface area contributed by atoms with E-state index in [-0.39, 0.29) is 18.3 Å². The van der Waals surface area contributed by atoms with Crippen LogP contribution in [0.1, 0.15) is 44.4 Å². The van der Waals surface area contributed by atoms with Gasteiger partial charge in [-0.05, 0) is 62.4 Å². The Labute approximate surface area is 202 Å². The first-order valence-electron chi connectivity index (χ1n) is 12.1. The van der Waals surface area contributed by atoms with Crippen molar-refractivity contribution < 1.29 is 18.9 Å². The molecule has 2 N–H and O–H groups in total. The Morgan fingerprint density at radius 2 is 1.94 bits per heavy atom. The molecule has 3 aromatic heterocycles. The number of nitrogen functional groups attached to an aromatic ring is 1. The van der Waals surface area contributed by atoms with Gasteiger partial charge in [0.1, 0.15) is 48.5 Å². The molecule has 180 valence electrons. The van der Waals surface area contributed by atoms with Crippen LogP contribution < -0.4 is 10.5 Å². The van der Waals surface area contributed by atoms with E-state index in [9.17, 15) is 0 Å². The summed E-state index contributed by atoms with van der Waals surface area (Å²) in [5, 5.41) is 1.91. The molecule has 7 rings (SSSR count). The Kier molecular flexibility index (Phi) is 4.58. The third-order valence-electron chi connectivity index (χ3n) is 7.08. The third kappa shape index (κ3) is 3.62. The lowest BCUT2D eigenvalue weighted by molar-refractivity contribution is -0.198. The SMILES string of the molecule is CC1(C)O[C@@H]2[C@H](O1)[C@@H](COc1ccc3cc(C4CC4)cnc3c1)O[C@H]2n1ccc2c(N)ncnc21. The molecule has 3 fully saturated rings. The van der Waals surface area contributed by atoms with Crippen LogP contribution in [0.15, 0.2) is 49.1 Å². The molecule has 9 nitrogen and oxygen atoms in total. The zero-order valence-corrected chi connectivity index (χ0v) is 19.6. The fraction of sp³-hybridized carbons (Fsp3) is 0.423. The van der Waals surface area contributed by atoms with Gasteiger partial charge in [0.15, 0.2) is 12.0 Å². The molecule has 1 aromatic carbocycles. The number of hydrogen-bond acceptors (Lipinski definition) is 8. The number of aromatic nitrogens is 4. The molecule has 2 aliphatic heterocycles. The Bertz CT molecular complexity index is 1430. The summed E-state index contributed by atoms with van der Waals surface area (Å²) in [6.45, 7) is 4.15. The number of ether oxygens (including phenoxy) is 4. The number of fused-ring (bicyclic) bond motifs is 3. The van der Waals surface area contributed by atoms with Gasteiger partial charge in [-0.25, -0.2) is 9.97 Å². The Morgan fingerprint density at radius 3 is 2.80 bits per heavy atom. The lowest BCUT2D eigenvalue weighted by atomic mass is 10.1. The molecule has 0 bridgehead atoms. The van der Waals surface area contributed by atoms with Crippen LogP contribution in [0.3, 0.4) is 0 Å². The van der Waals surface area contributed by atoms with Crippen LogP contribution in [-0.2, 0) is 14.2 Å². The van der Waals surface area contributed by atoms with Gasteiger partial charge < -0.3 is 29.2 Å². The molecular formula is C26H27N5O4. The smallest absolute Gasteiger partial charge is 0.164 e. The van der Waals surface area contributed by atoms with Crippen LogP contribution in [0, 0.1) is 0 Å². The highest BCUT2D eigenvalue weighted by Gasteiger charge is 2.56. The van der Waals surface area contributed by atoms with Crippen molar-refractivity contribution in [3.8, 4) is 5.75 Å². The van der Waals surface area contributed by atoms with E-state index in [4.69, 9.17) is 24.7 Å². The maximum Gasteiger partial charge on any atom is 0.164 e. The van der Waals surface area contributed by atoms with Gasteiger partial charge in [-0.2, -0.15) is 0 Å². The molecule has 4 aromatic rings. The summed E-state index contributed by atoms with van der Waals surface area (Å²) in [5.41, 5.74) is 8.98. The van der Waals surface area contributed by atoms with E-state index < -0.39 is 12.0 Å². The zero-order valence-electron chi connectivity index (χ0n) is 19.6. The second-order valence-electron chi connectivity index (χ2n) is 10.1. The summed E-state index contributed by atoms with van der Waals surface area (Å²) in [4.78, 5) is 13.2. The highest BCUT2D eigenvalue weighted by atomic mass is 16.8. The van der Waals surface area contributed by atoms with Crippen molar-refractivity contribution >= 4 is 27.8 Å². The average Bonchev–Trinajstić information content (AvgIpc) is 3.42. The van der Waals surface area contributed by atoms with Crippen LogP contribution in [0.25, 0.3) is 21.9 Å². The van der Waals surface area contributed by atoms with Crippen LogP contribution in [-0.4, -0.2) is 50.2 Å². The van der Waals surface area contributed by atoms with Gasteiger partial charge >= 0.3 is 0 Å². The van der Waals surface area contributed by atoms with Crippen LogP contribution in [0.5, 0.6) is 5.75 Å². The summed E-state index contributed by atoms with van der Waals surface area (Å²) in [6, 6.07) is 10.2. The molecular weight excluding hydrogens is 446 g/mol. The quantitative estimate of drug-likeness (QED) is 0.465. The molecule has 4 atom stereocenters. The summed E-state index contributed by atoms with van der Waals surface area (Å²) in [7, 11) is 0. The number of benzene rings is 1. The van der Waals surface area contributed by atoms with E-state index in [1.54, 1.807) is 0 Å². The summed E-state index contributed by atoms with van der Waals surface area (Å²) in [6.07, 6.45) is 6.52. The molecule has 1 saturated carbocycles. The summed E-state index contributed by atoms with van der Waals surface area (Å²) < 4.78 is 27.1. The fourth-order valence-electron chi connectivity index (χ4n) is 5.24. The van der Waals surface area contributed by atoms with E-state index in [2.05, 4.69) is 27.1 Å². The molecule has 0 radical (unpaired) electrons. The van der Waals surface area contributed by atoms with E-state index in [1.165, 1.54) is 24.7 Å². The topological polar surface area (TPSA) is 107 Å². The zero-order chi connectivity index (χ0) is 23.7. The normalized spacial score (nSPS) is 27.5. The predicted molar refractivity (Wildman–Crippen MR) is 129 cm³/mol. The second kappa shape index (κ2) is 7.61. The number of pyridine rings is 1. The van der Waals surface area contributed by atoms with Crippen molar-refractivity contribution in [2.45, 2.75) is 62.9 Å². The minimum Gasteiger partial charge on any atom is -0.491 e. The van der Waals surface area contributed by atoms with Gasteiger partial charge in [-0.15, -0.1) is 0 Å². The summed E-state index contributed by atoms with van der Waals surface area (Å²) in [5.74, 6) is 1.14. The Morgan fingerprint density at radius 1 is 1.09 bits per heavy atom. The van der Waals surface area contributed by atoms with Gasteiger partial charge in [0, 0.05) is 23.8 Å². The first-order valence-corrected chi connectivity index (χ1v) is 12.1. The molecule has 2 saturated heterocycles. The fourth-order valence-corrected chi connectivity index (χ4v) is 5.24. The molecule has 0 amide bonds. The van der Waals surface area contributed by atoms with Crippen molar-refractivity contribution in [2.24, 2.45) is 0 Å². The molecule has 5 heterocycles. The minimum absolute atomic E-state index is 0.286. The van der Waals surface area contributed by atoms with Crippen molar-refractivity contribution in [1.29, 1.82) is 0 Å². The highest BCUT2D eigenvalue weighted by Crippen LogP contribution is 2.44. The van der Waals surface area contributed by atoms with Crippen LogP contribution >= 0.6 is 0 Å². The van der Waals surface area contributed by atoms with Gasteiger partial charge in [-0.3, -0.25) is 4.98 Å². The maximum atomic E-state index is 6.44. The maximum absolute atomic E-state index is 6.44. The number of rotatable bonds is 5. The monoisotopic (exact) mass is 473 g/mol. The number of nitrogens with zero attached hydrogens (tertiary/aromatic N) is 4. The molecule has 1 aliphatic carbocycles. The number of anilines is 1. The summed E-state index contributed by atoms with van der Waals surface area (Å²) >= 11 is 0. The van der Waals surface area contributed by atoms with E-state index in [0.29, 0.717) is 24.0 Å². The lowest BCUT2D eigenvalue weighted by Crippen LogP contribution is -2.33. The largest absolute Gasteiger partial charge is 0.491 e. The van der Waals surface area contributed by atoms with E-state index >= 15 is 0 Å². The molecule has 35 heavy (non-hydrogen) atoms. The lowest BCUT2D eigenvalue weighted by Gasteiger charge is -2.25.